The average Bonchev–Trinajstić information content (AvgIpc) is 3.24. The topological polar surface area (TPSA) is 93.1 Å². The smallest absolute Gasteiger partial charge is 0.311 e. The Morgan fingerprint density at radius 1 is 1.12 bits per heavy atom. The van der Waals surface area contributed by atoms with Crippen molar-refractivity contribution in [2.45, 2.75) is 31.5 Å². The van der Waals surface area contributed by atoms with Gasteiger partial charge in [0, 0.05) is 40.3 Å². The minimum atomic E-state index is -2.39. The van der Waals surface area contributed by atoms with Crippen LogP contribution in [0.25, 0.3) is 0 Å². The molecule has 0 radical (unpaired) electrons. The first-order valence-corrected chi connectivity index (χ1v) is 14.6. The van der Waals surface area contributed by atoms with Crippen LogP contribution in [-0.4, -0.2) is 47.5 Å². The van der Waals surface area contributed by atoms with Gasteiger partial charge in [0.25, 0.3) is 5.91 Å². The quantitative estimate of drug-likeness (QED) is 0.166. The number of halogens is 3. The lowest BCUT2D eigenvalue weighted by Gasteiger charge is -2.42. The number of carbonyl (C=O) groups excluding carboxylic acids is 3. The third-order valence-electron chi connectivity index (χ3n) is 8.04. The predicted molar refractivity (Wildman–Crippen MR) is 159 cm³/mol. The zero-order valence-corrected chi connectivity index (χ0v) is 24.9. The fourth-order valence-electron chi connectivity index (χ4n) is 5.88. The Morgan fingerprint density at radius 2 is 1.72 bits per heavy atom. The molecule has 1 N–H and O–H groups in total. The molecule has 1 fully saturated rings. The summed E-state index contributed by atoms with van der Waals surface area (Å²) in [7, 11) is 0. The van der Waals surface area contributed by atoms with Gasteiger partial charge in [-0.2, -0.15) is 0 Å². The lowest BCUT2D eigenvalue weighted by molar-refractivity contribution is -0.152. The molecule has 0 aliphatic carbocycles. The summed E-state index contributed by atoms with van der Waals surface area (Å²) in [5.74, 6) is -4.09. The van der Waals surface area contributed by atoms with Gasteiger partial charge in [0.05, 0.1) is 23.1 Å². The molecule has 5 rings (SSSR count). The second-order valence-corrected chi connectivity index (χ2v) is 11.6. The van der Waals surface area contributed by atoms with E-state index in [2.05, 4.69) is 6.58 Å². The van der Waals surface area contributed by atoms with Crippen LogP contribution in [0.3, 0.4) is 0 Å². The van der Waals surface area contributed by atoms with Crippen LogP contribution in [0.4, 0.5) is 4.39 Å². The third kappa shape index (κ3) is 5.72. The largest absolute Gasteiger partial charge is 0.461 e. The van der Waals surface area contributed by atoms with Gasteiger partial charge >= 0.3 is 5.97 Å². The van der Waals surface area contributed by atoms with E-state index in [1.165, 1.54) is 36.4 Å². The first kappa shape index (κ1) is 30.9. The zero-order chi connectivity index (χ0) is 30.9. The molecule has 2 heterocycles. The van der Waals surface area contributed by atoms with E-state index in [1.807, 2.05) is 0 Å². The lowest BCUT2D eigenvalue weighted by Crippen LogP contribution is -2.50. The SMILES string of the molecule is C=CCOC(=O)[C@@H](C)[C@@H](c1ccc(Cl)cc1)N1C(=O)c2cc(C(=O)C3CCOCC3)cc(F)c2C1(O)c1ccc(Cl)cc1. The molecule has 1 amide bonds. The zero-order valence-electron chi connectivity index (χ0n) is 23.4. The molecule has 3 aromatic carbocycles. The van der Waals surface area contributed by atoms with E-state index in [1.54, 1.807) is 31.2 Å². The van der Waals surface area contributed by atoms with E-state index >= 15 is 4.39 Å². The van der Waals surface area contributed by atoms with E-state index in [0.29, 0.717) is 41.7 Å². The van der Waals surface area contributed by atoms with Crippen LogP contribution < -0.4 is 0 Å². The number of benzene rings is 3. The van der Waals surface area contributed by atoms with Crippen LogP contribution in [0.1, 0.15) is 63.2 Å². The standard InChI is InChI=1S/C33H30Cl2FNO6/c1-3-14-43-32(40)19(2)29(20-4-8-24(34)9-5-20)37-31(39)26-17-22(30(38)21-12-15-42-16-13-21)18-27(36)28(26)33(37,41)23-6-10-25(35)11-7-23/h3-11,17-19,21,29,41H,1,12-16H2,2H3/t19-,29-,33?/m0/s1. The Balaban J connectivity index is 1.71. The minimum Gasteiger partial charge on any atom is -0.461 e. The highest BCUT2D eigenvalue weighted by atomic mass is 35.5. The molecule has 1 saturated heterocycles. The van der Waals surface area contributed by atoms with Crippen LogP contribution in [0.2, 0.25) is 10.0 Å². The summed E-state index contributed by atoms with van der Waals surface area (Å²) in [4.78, 5) is 42.1. The van der Waals surface area contributed by atoms with E-state index in [-0.39, 0.29) is 40.6 Å². The van der Waals surface area contributed by atoms with Crippen molar-refractivity contribution in [1.29, 1.82) is 0 Å². The second-order valence-electron chi connectivity index (χ2n) is 10.7. The molecular weight excluding hydrogens is 596 g/mol. The Hall–Kier alpha value is -3.56. The summed E-state index contributed by atoms with van der Waals surface area (Å²) in [6.07, 6.45) is 2.37. The van der Waals surface area contributed by atoms with E-state index < -0.39 is 35.4 Å². The first-order chi connectivity index (χ1) is 20.6. The number of fused-ring (bicyclic) bond motifs is 1. The first-order valence-electron chi connectivity index (χ1n) is 13.9. The van der Waals surface area contributed by atoms with Gasteiger partial charge in [-0.05, 0) is 61.7 Å². The van der Waals surface area contributed by atoms with Crippen molar-refractivity contribution in [3.63, 3.8) is 0 Å². The second kappa shape index (κ2) is 12.6. The molecule has 43 heavy (non-hydrogen) atoms. The molecule has 7 nitrogen and oxygen atoms in total. The van der Waals surface area contributed by atoms with Crippen LogP contribution in [0.15, 0.2) is 73.3 Å². The van der Waals surface area contributed by atoms with E-state index in [9.17, 15) is 19.5 Å². The number of rotatable bonds is 9. The maximum absolute atomic E-state index is 16.3. The van der Waals surface area contributed by atoms with Gasteiger partial charge in [-0.25, -0.2) is 4.39 Å². The number of nitrogens with zero attached hydrogens (tertiary/aromatic N) is 1. The molecule has 224 valence electrons. The summed E-state index contributed by atoms with van der Waals surface area (Å²) in [5.41, 5.74) is -2.29. The molecule has 0 spiro atoms. The number of hydrogen-bond donors (Lipinski definition) is 1. The van der Waals surface area contributed by atoms with Gasteiger partial charge in [0.2, 0.25) is 0 Å². The fourth-order valence-corrected chi connectivity index (χ4v) is 6.13. The van der Waals surface area contributed by atoms with Crippen molar-refractivity contribution in [2.75, 3.05) is 19.8 Å². The number of hydrogen-bond acceptors (Lipinski definition) is 6. The normalized spacial score (nSPS) is 19.9. The third-order valence-corrected chi connectivity index (χ3v) is 8.54. The molecule has 3 atom stereocenters. The van der Waals surface area contributed by atoms with Gasteiger partial charge in [-0.1, -0.05) is 60.1 Å². The van der Waals surface area contributed by atoms with Crippen LogP contribution >= 0.6 is 23.2 Å². The van der Waals surface area contributed by atoms with E-state index in [0.717, 1.165) is 11.0 Å². The molecule has 1 unspecified atom stereocenters. The van der Waals surface area contributed by atoms with Gasteiger partial charge in [-0.3, -0.25) is 19.3 Å². The Kier molecular flexibility index (Phi) is 9.04. The summed E-state index contributed by atoms with van der Waals surface area (Å²) < 4.78 is 27.0. The Labute approximate surface area is 258 Å². The summed E-state index contributed by atoms with van der Waals surface area (Å²) in [5, 5.41) is 13.4. The van der Waals surface area contributed by atoms with Crippen molar-refractivity contribution >= 4 is 40.9 Å². The molecule has 0 aromatic heterocycles. The number of Topliss-reactive ketones (excluding diaryl/α,β-unsaturated/α-hetero) is 1. The van der Waals surface area contributed by atoms with Gasteiger partial charge < -0.3 is 14.6 Å². The van der Waals surface area contributed by atoms with Gasteiger partial charge in [-0.15, -0.1) is 0 Å². The average molecular weight is 627 g/mol. The highest BCUT2D eigenvalue weighted by Gasteiger charge is 2.56. The van der Waals surface area contributed by atoms with Gasteiger partial charge in [0.15, 0.2) is 11.5 Å². The lowest BCUT2D eigenvalue weighted by atomic mass is 9.86. The Morgan fingerprint density at radius 3 is 2.33 bits per heavy atom. The van der Waals surface area contributed by atoms with Crippen molar-refractivity contribution in [2.24, 2.45) is 11.8 Å². The van der Waals surface area contributed by atoms with Crippen LogP contribution in [-0.2, 0) is 20.0 Å². The number of ether oxygens (including phenoxy) is 2. The van der Waals surface area contributed by atoms with E-state index in [4.69, 9.17) is 32.7 Å². The minimum absolute atomic E-state index is 0.0262. The molecule has 3 aromatic rings. The van der Waals surface area contributed by atoms with Crippen molar-refractivity contribution in [3.05, 3.63) is 117 Å². The predicted octanol–water partition coefficient (Wildman–Crippen LogP) is 6.50. The molecule has 10 heteroatoms. The molecule has 2 aliphatic heterocycles. The monoisotopic (exact) mass is 625 g/mol. The summed E-state index contributed by atoms with van der Waals surface area (Å²) >= 11 is 12.3. The summed E-state index contributed by atoms with van der Waals surface area (Å²) in [6, 6.07) is 13.7. The number of esters is 1. The molecule has 0 bridgehead atoms. The molecule has 0 saturated carbocycles. The van der Waals surface area contributed by atoms with Crippen LogP contribution in [0, 0.1) is 17.7 Å². The maximum atomic E-state index is 16.3. The highest BCUT2D eigenvalue weighted by molar-refractivity contribution is 6.30. The molecular formula is C33H30Cl2FNO6. The molecule has 2 aliphatic rings. The van der Waals surface area contributed by atoms with Crippen molar-refractivity contribution in [1.82, 2.24) is 4.90 Å². The number of ketones is 1. The number of carbonyl (C=O) groups is 3. The van der Waals surface area contributed by atoms with Crippen LogP contribution in [0.5, 0.6) is 0 Å². The Bertz CT molecular complexity index is 1550. The maximum Gasteiger partial charge on any atom is 0.311 e. The highest BCUT2D eigenvalue weighted by Crippen LogP contribution is 2.50. The van der Waals surface area contributed by atoms with Gasteiger partial charge in [0.1, 0.15) is 12.4 Å². The number of aliphatic hydroxyl groups is 1. The number of amides is 1. The summed E-state index contributed by atoms with van der Waals surface area (Å²) in [6.45, 7) is 5.88. The fraction of sp³-hybridized carbons (Fsp3) is 0.303. The van der Waals surface area contributed by atoms with Crippen molar-refractivity contribution in [3.8, 4) is 0 Å². The van der Waals surface area contributed by atoms with Crippen molar-refractivity contribution < 1.29 is 33.4 Å².